The van der Waals surface area contributed by atoms with Gasteiger partial charge in [0.2, 0.25) is 0 Å². The molecule has 192 valence electrons. The fraction of sp³-hybridized carbons (Fsp3) is 0.462. The molecule has 0 saturated carbocycles. The first-order chi connectivity index (χ1) is 17.2. The second-order valence-corrected chi connectivity index (χ2v) is 10.2. The summed E-state index contributed by atoms with van der Waals surface area (Å²) in [5.41, 5.74) is -0.136. The molecule has 0 bridgehead atoms. The van der Waals surface area contributed by atoms with E-state index >= 15 is 0 Å². The number of aromatic amines is 1. The molecule has 0 spiro atoms. The zero-order chi connectivity index (χ0) is 25.8. The summed E-state index contributed by atoms with van der Waals surface area (Å²) in [6, 6.07) is 11.8. The topological polar surface area (TPSA) is 124 Å². The normalized spacial score (nSPS) is 15.5. The molecular weight excluding hydrogens is 460 g/mol. The van der Waals surface area contributed by atoms with Gasteiger partial charge in [0.15, 0.2) is 0 Å². The zero-order valence-corrected chi connectivity index (χ0v) is 21.0. The Morgan fingerprint density at radius 2 is 1.89 bits per heavy atom. The maximum atomic E-state index is 13.5. The first-order valence-corrected chi connectivity index (χ1v) is 12.3. The van der Waals surface area contributed by atoms with Gasteiger partial charge in [-0.3, -0.25) is 10.0 Å². The molecule has 2 aromatic heterocycles. The van der Waals surface area contributed by atoms with E-state index in [1.54, 1.807) is 20.8 Å². The van der Waals surface area contributed by atoms with E-state index in [2.05, 4.69) is 25.2 Å². The van der Waals surface area contributed by atoms with Crippen LogP contribution < -0.4 is 10.2 Å². The van der Waals surface area contributed by atoms with Gasteiger partial charge < -0.3 is 19.9 Å². The van der Waals surface area contributed by atoms with Crippen molar-refractivity contribution in [2.75, 3.05) is 24.5 Å². The van der Waals surface area contributed by atoms with Crippen molar-refractivity contribution in [2.45, 2.75) is 57.6 Å². The number of fused-ring (bicyclic) bond motifs is 1. The number of alkyl carbamates (subject to hydrolysis) is 1. The third kappa shape index (κ3) is 5.93. The van der Waals surface area contributed by atoms with Crippen molar-refractivity contribution in [3.63, 3.8) is 0 Å². The van der Waals surface area contributed by atoms with Crippen molar-refractivity contribution in [3.8, 4) is 0 Å². The fourth-order valence-electron chi connectivity index (χ4n) is 4.53. The van der Waals surface area contributed by atoms with Crippen LogP contribution in [0.3, 0.4) is 0 Å². The van der Waals surface area contributed by atoms with Crippen LogP contribution in [0.2, 0.25) is 0 Å². The van der Waals surface area contributed by atoms with Gasteiger partial charge in [-0.25, -0.2) is 19.8 Å². The lowest BCUT2D eigenvalue weighted by atomic mass is 9.86. The molecule has 3 N–H and O–H groups in total. The van der Waals surface area contributed by atoms with Crippen LogP contribution in [0.25, 0.3) is 11.0 Å². The second kappa shape index (κ2) is 10.5. The summed E-state index contributed by atoms with van der Waals surface area (Å²) < 4.78 is 5.45. The van der Waals surface area contributed by atoms with Crippen LogP contribution in [0.15, 0.2) is 48.9 Å². The Hall–Kier alpha value is -3.66. The fourth-order valence-corrected chi connectivity index (χ4v) is 4.53. The minimum absolute atomic E-state index is 0.158. The van der Waals surface area contributed by atoms with E-state index in [0.29, 0.717) is 19.5 Å². The average molecular weight is 495 g/mol. The van der Waals surface area contributed by atoms with Crippen molar-refractivity contribution < 1.29 is 19.5 Å². The molecule has 1 aliphatic rings. The molecule has 1 fully saturated rings. The summed E-state index contributed by atoms with van der Waals surface area (Å²) in [4.78, 5) is 40.1. The van der Waals surface area contributed by atoms with E-state index in [1.807, 2.05) is 42.6 Å². The number of hydrogen-bond acceptors (Lipinski definition) is 7. The number of aryl methyl sites for hydroxylation is 1. The number of carbonyl (C=O) groups excluding carboxylic acids is 2. The first-order valence-electron chi connectivity index (χ1n) is 12.3. The van der Waals surface area contributed by atoms with Gasteiger partial charge in [0.25, 0.3) is 5.91 Å². The molecule has 10 heteroatoms. The SMILES string of the molecule is CC(C)(C)OC(=O)NC1(C(=O)N(O)CCCc2ccccc2)CCN(c2ncnc3[nH]ccc23)CC1. The van der Waals surface area contributed by atoms with Gasteiger partial charge in [-0.05, 0) is 58.1 Å². The Bertz CT molecular complexity index is 1180. The summed E-state index contributed by atoms with van der Waals surface area (Å²) in [6.07, 6.45) is 4.52. The Kier molecular flexibility index (Phi) is 7.44. The number of piperidine rings is 1. The van der Waals surface area contributed by atoms with Crippen LogP contribution in [0.1, 0.15) is 45.6 Å². The van der Waals surface area contributed by atoms with Crippen molar-refractivity contribution in [1.82, 2.24) is 25.3 Å². The minimum Gasteiger partial charge on any atom is -0.444 e. The number of ether oxygens (including phenoxy) is 1. The predicted octanol–water partition coefficient (Wildman–Crippen LogP) is 3.67. The smallest absolute Gasteiger partial charge is 0.408 e. The lowest BCUT2D eigenvalue weighted by molar-refractivity contribution is -0.174. The maximum Gasteiger partial charge on any atom is 0.408 e. The Morgan fingerprint density at radius 1 is 1.17 bits per heavy atom. The van der Waals surface area contributed by atoms with Gasteiger partial charge in [-0.2, -0.15) is 0 Å². The summed E-state index contributed by atoms with van der Waals surface area (Å²) >= 11 is 0. The third-order valence-electron chi connectivity index (χ3n) is 6.31. The molecule has 0 aliphatic carbocycles. The van der Waals surface area contributed by atoms with E-state index in [9.17, 15) is 14.8 Å². The minimum atomic E-state index is -1.29. The summed E-state index contributed by atoms with van der Waals surface area (Å²) in [6.45, 7) is 6.37. The molecule has 1 saturated heterocycles. The van der Waals surface area contributed by atoms with Gasteiger partial charge >= 0.3 is 6.09 Å². The molecule has 1 aliphatic heterocycles. The number of rotatable bonds is 7. The number of H-pyrrole nitrogens is 1. The van der Waals surface area contributed by atoms with Crippen LogP contribution in [0.5, 0.6) is 0 Å². The van der Waals surface area contributed by atoms with E-state index in [4.69, 9.17) is 4.74 Å². The lowest BCUT2D eigenvalue weighted by Gasteiger charge is -2.42. The standard InChI is InChI=1S/C26H34N6O4/c1-25(2,3)36-24(34)30-26(23(33)32(35)15-7-10-19-8-5-4-6-9-19)12-16-31(17-13-26)22-20-11-14-27-21(20)28-18-29-22/h4-6,8-9,11,14,18,35H,7,10,12-13,15-17H2,1-3H3,(H,30,34)(H,27,28,29). The highest BCUT2D eigenvalue weighted by Gasteiger charge is 2.46. The van der Waals surface area contributed by atoms with Crippen LogP contribution in [0, 0.1) is 0 Å². The highest BCUT2D eigenvalue weighted by molar-refractivity contribution is 5.91. The monoisotopic (exact) mass is 494 g/mol. The summed E-state index contributed by atoms with van der Waals surface area (Å²) in [5.74, 6) is 0.235. The molecule has 2 amide bonds. The number of nitrogens with zero attached hydrogens (tertiary/aromatic N) is 4. The van der Waals surface area contributed by atoms with Crippen LogP contribution in [-0.4, -0.2) is 68.0 Å². The number of nitrogens with one attached hydrogen (secondary N) is 2. The van der Waals surface area contributed by atoms with Crippen LogP contribution in [0.4, 0.5) is 10.6 Å². The highest BCUT2D eigenvalue weighted by atomic mass is 16.6. The van der Waals surface area contributed by atoms with Crippen LogP contribution >= 0.6 is 0 Å². The first kappa shape index (κ1) is 25.4. The molecule has 3 heterocycles. The largest absolute Gasteiger partial charge is 0.444 e. The van der Waals surface area contributed by atoms with Crippen molar-refractivity contribution in [3.05, 3.63) is 54.5 Å². The van der Waals surface area contributed by atoms with Crippen LogP contribution in [-0.2, 0) is 16.0 Å². The quantitative estimate of drug-likeness (QED) is 0.338. The molecule has 0 unspecified atom stereocenters. The summed E-state index contributed by atoms with van der Waals surface area (Å²) in [5, 5.41) is 15.1. The molecule has 10 nitrogen and oxygen atoms in total. The van der Waals surface area contributed by atoms with Crippen molar-refractivity contribution in [2.24, 2.45) is 0 Å². The summed E-state index contributed by atoms with van der Waals surface area (Å²) in [7, 11) is 0. The predicted molar refractivity (Wildman–Crippen MR) is 136 cm³/mol. The third-order valence-corrected chi connectivity index (χ3v) is 6.31. The molecule has 3 aromatic rings. The van der Waals surface area contributed by atoms with Crippen molar-refractivity contribution in [1.29, 1.82) is 0 Å². The molecule has 0 radical (unpaired) electrons. The Labute approximate surface area is 210 Å². The van der Waals surface area contributed by atoms with E-state index in [-0.39, 0.29) is 19.4 Å². The number of benzene rings is 1. The van der Waals surface area contributed by atoms with E-state index in [1.165, 1.54) is 6.33 Å². The molecule has 0 atom stereocenters. The lowest BCUT2D eigenvalue weighted by Crippen LogP contribution is -2.64. The number of aromatic nitrogens is 3. The van der Waals surface area contributed by atoms with Gasteiger partial charge in [-0.15, -0.1) is 0 Å². The van der Waals surface area contributed by atoms with Gasteiger partial charge in [0.1, 0.15) is 28.9 Å². The molecular formula is C26H34N6O4. The Morgan fingerprint density at radius 3 is 2.58 bits per heavy atom. The molecule has 4 rings (SSSR count). The van der Waals surface area contributed by atoms with Gasteiger partial charge in [0.05, 0.1) is 5.39 Å². The molecule has 36 heavy (non-hydrogen) atoms. The van der Waals surface area contributed by atoms with Gasteiger partial charge in [-0.1, -0.05) is 30.3 Å². The van der Waals surface area contributed by atoms with E-state index in [0.717, 1.165) is 33.9 Å². The number of anilines is 1. The number of amides is 2. The van der Waals surface area contributed by atoms with Gasteiger partial charge in [0, 0.05) is 25.8 Å². The Balaban J connectivity index is 1.47. The molecule has 1 aromatic carbocycles. The number of hydroxylamine groups is 2. The zero-order valence-electron chi connectivity index (χ0n) is 21.0. The average Bonchev–Trinajstić information content (AvgIpc) is 3.32. The number of hydrogen-bond donors (Lipinski definition) is 3. The maximum absolute atomic E-state index is 13.5. The van der Waals surface area contributed by atoms with Crippen molar-refractivity contribution >= 4 is 28.9 Å². The number of carbonyl (C=O) groups is 2. The second-order valence-electron chi connectivity index (χ2n) is 10.2. The highest BCUT2D eigenvalue weighted by Crippen LogP contribution is 2.30. The van der Waals surface area contributed by atoms with E-state index < -0.39 is 23.1 Å².